The number of piperidine rings is 1. The molecule has 2 aliphatic rings. The van der Waals surface area contributed by atoms with Crippen molar-refractivity contribution in [3.8, 4) is 0 Å². The van der Waals surface area contributed by atoms with Crippen molar-refractivity contribution in [3.05, 3.63) is 48.2 Å². The normalized spacial score (nSPS) is 18.9. The van der Waals surface area contributed by atoms with E-state index in [-0.39, 0.29) is 18.0 Å². The van der Waals surface area contributed by atoms with Gasteiger partial charge in [0, 0.05) is 32.7 Å². The van der Waals surface area contributed by atoms with Crippen molar-refractivity contribution in [2.24, 2.45) is 0 Å². The van der Waals surface area contributed by atoms with Crippen LogP contribution in [0.15, 0.2) is 37.0 Å². The summed E-state index contributed by atoms with van der Waals surface area (Å²) in [4.78, 5) is 16.5. The minimum Gasteiger partial charge on any atom is -0.470 e. The van der Waals surface area contributed by atoms with Gasteiger partial charge in [-0.3, -0.25) is 4.79 Å². The van der Waals surface area contributed by atoms with Gasteiger partial charge in [-0.25, -0.2) is 0 Å². The Labute approximate surface area is 200 Å². The van der Waals surface area contributed by atoms with Crippen LogP contribution in [0.25, 0.3) is 0 Å². The fourth-order valence-corrected chi connectivity index (χ4v) is 4.54. The molecule has 6 nitrogen and oxygen atoms in total. The maximum absolute atomic E-state index is 11.7. The summed E-state index contributed by atoms with van der Waals surface area (Å²) in [7, 11) is 5.67. The largest absolute Gasteiger partial charge is 0.470 e. The molecule has 180 valence electrons. The Kier molecular flexibility index (Phi) is 9.41. The number of esters is 1. The molecule has 0 aromatic heterocycles. The molecular formula is C26H39BN2O4. The first-order valence-corrected chi connectivity index (χ1v) is 12.2. The highest BCUT2D eigenvalue weighted by Crippen LogP contribution is 2.30. The Bertz CT molecular complexity index is 772. The first kappa shape index (κ1) is 25.8. The molecule has 0 N–H and O–H groups in total. The van der Waals surface area contributed by atoms with E-state index >= 15 is 0 Å². The second kappa shape index (κ2) is 12.0. The number of benzene rings is 1. The van der Waals surface area contributed by atoms with Crippen molar-refractivity contribution in [2.45, 2.75) is 57.1 Å². The average Bonchev–Trinajstić information content (AvgIpc) is 2.78. The van der Waals surface area contributed by atoms with Crippen LogP contribution in [-0.2, 0) is 31.8 Å². The van der Waals surface area contributed by atoms with E-state index in [4.69, 9.17) is 22.1 Å². The number of rotatable bonds is 11. The Morgan fingerprint density at radius 1 is 1.21 bits per heavy atom. The molecule has 1 aromatic carbocycles. The molecular weight excluding hydrogens is 415 g/mol. The monoisotopic (exact) mass is 454 g/mol. The van der Waals surface area contributed by atoms with E-state index in [2.05, 4.69) is 40.6 Å². The Hall–Kier alpha value is -1.83. The van der Waals surface area contributed by atoms with Gasteiger partial charge in [0.25, 0.3) is 0 Å². The summed E-state index contributed by atoms with van der Waals surface area (Å²) in [6.45, 7) is 14.1. The van der Waals surface area contributed by atoms with Crippen LogP contribution in [0, 0.1) is 0 Å². The molecule has 0 saturated carbocycles. The molecule has 0 aliphatic carbocycles. The topological polar surface area (TPSA) is 51.2 Å². The van der Waals surface area contributed by atoms with E-state index in [0.717, 1.165) is 65.0 Å². The van der Waals surface area contributed by atoms with Gasteiger partial charge in [-0.05, 0) is 56.9 Å². The van der Waals surface area contributed by atoms with E-state index in [1.165, 1.54) is 11.1 Å². The molecule has 2 fully saturated rings. The fraction of sp³-hybridized carbons (Fsp3) is 0.654. The number of nitrogens with zero attached hydrogens (tertiary/aromatic N) is 2. The van der Waals surface area contributed by atoms with Gasteiger partial charge in [0.05, 0.1) is 37.3 Å². The van der Waals surface area contributed by atoms with Crippen LogP contribution in [0.4, 0.5) is 0 Å². The summed E-state index contributed by atoms with van der Waals surface area (Å²) in [6.07, 6.45) is 6.21. The van der Waals surface area contributed by atoms with E-state index in [9.17, 15) is 4.79 Å². The van der Waals surface area contributed by atoms with Crippen molar-refractivity contribution in [1.29, 1.82) is 0 Å². The molecule has 1 aromatic rings. The van der Waals surface area contributed by atoms with Crippen LogP contribution in [0.2, 0.25) is 0 Å². The lowest BCUT2D eigenvalue weighted by molar-refractivity contribution is -0.151. The number of carbonyl (C=O) groups excluding carboxylic acids is 1. The molecule has 0 unspecified atom stereocenters. The maximum Gasteiger partial charge on any atom is 0.307 e. The van der Waals surface area contributed by atoms with Crippen molar-refractivity contribution in [2.75, 3.05) is 52.5 Å². The van der Waals surface area contributed by atoms with Gasteiger partial charge in [0.15, 0.2) is 0 Å². The first-order chi connectivity index (χ1) is 15.8. The second-order valence-corrected chi connectivity index (χ2v) is 9.79. The van der Waals surface area contributed by atoms with Gasteiger partial charge in [-0.2, -0.15) is 0 Å². The molecule has 7 heteroatoms. The molecule has 0 amide bonds. The third kappa shape index (κ3) is 8.80. The first-order valence-electron chi connectivity index (χ1n) is 12.2. The maximum atomic E-state index is 11.7. The third-order valence-corrected chi connectivity index (χ3v) is 6.37. The molecule has 0 atom stereocenters. The van der Waals surface area contributed by atoms with Crippen LogP contribution >= 0.6 is 0 Å². The Balaban J connectivity index is 1.33. The molecule has 0 bridgehead atoms. The zero-order valence-electron chi connectivity index (χ0n) is 20.4. The van der Waals surface area contributed by atoms with Crippen molar-refractivity contribution in [3.63, 3.8) is 0 Å². The van der Waals surface area contributed by atoms with E-state index in [1.54, 1.807) is 13.8 Å². The average molecular weight is 454 g/mol. The number of hydrogen-bond donors (Lipinski definition) is 0. The number of hydrogen-bond acceptors (Lipinski definition) is 6. The summed E-state index contributed by atoms with van der Waals surface area (Å²) in [6, 6.07) is 8.73. The van der Waals surface area contributed by atoms with Crippen LogP contribution in [0.3, 0.4) is 0 Å². The summed E-state index contributed by atoms with van der Waals surface area (Å²) in [5.74, 6) is -0.332. The third-order valence-electron chi connectivity index (χ3n) is 6.37. The minimum atomic E-state index is -0.941. The smallest absolute Gasteiger partial charge is 0.307 e. The van der Waals surface area contributed by atoms with Crippen LogP contribution in [-0.4, -0.2) is 87.3 Å². The van der Waals surface area contributed by atoms with Crippen LogP contribution in [0.5, 0.6) is 0 Å². The zero-order chi connectivity index (χ0) is 23.7. The van der Waals surface area contributed by atoms with Crippen LogP contribution < -0.4 is 0 Å². The SMILES string of the molecule is [B]C(C)(C)OC(=O)CCOCCc1cccc(CCN2CCC3(CC2)CN(C=C)CCO3)c1. The molecule has 33 heavy (non-hydrogen) atoms. The van der Waals surface area contributed by atoms with Gasteiger partial charge in [-0.15, -0.1) is 0 Å². The van der Waals surface area contributed by atoms with Gasteiger partial charge < -0.3 is 24.0 Å². The van der Waals surface area contributed by atoms with Crippen LogP contribution in [0.1, 0.15) is 44.2 Å². The summed E-state index contributed by atoms with van der Waals surface area (Å²) < 4.78 is 16.9. The van der Waals surface area contributed by atoms with E-state index < -0.39 is 5.50 Å². The molecule has 2 radical (unpaired) electrons. The molecule has 1 spiro atoms. The second-order valence-electron chi connectivity index (χ2n) is 9.79. The summed E-state index contributed by atoms with van der Waals surface area (Å²) in [5, 5.41) is 0. The number of ether oxygens (including phenoxy) is 3. The Morgan fingerprint density at radius 3 is 2.64 bits per heavy atom. The summed E-state index contributed by atoms with van der Waals surface area (Å²) >= 11 is 0. The lowest BCUT2D eigenvalue weighted by atomic mass is 9.86. The quantitative estimate of drug-likeness (QED) is 0.291. The summed E-state index contributed by atoms with van der Waals surface area (Å²) in [5.41, 5.74) is 1.69. The molecule has 2 heterocycles. The lowest BCUT2D eigenvalue weighted by Crippen LogP contribution is -2.55. The highest BCUT2D eigenvalue weighted by Gasteiger charge is 2.38. The number of carbonyl (C=O) groups is 1. The van der Waals surface area contributed by atoms with Crippen molar-refractivity contribution >= 4 is 13.8 Å². The van der Waals surface area contributed by atoms with Gasteiger partial charge in [0.2, 0.25) is 0 Å². The molecule has 2 aliphatic heterocycles. The Morgan fingerprint density at radius 2 is 1.94 bits per heavy atom. The van der Waals surface area contributed by atoms with Gasteiger partial charge in [-0.1, -0.05) is 30.8 Å². The van der Waals surface area contributed by atoms with E-state index in [0.29, 0.717) is 13.2 Å². The lowest BCUT2D eigenvalue weighted by Gasteiger charge is -2.47. The zero-order valence-corrected chi connectivity index (χ0v) is 20.4. The molecule has 3 rings (SSSR count). The number of likely N-dealkylation sites (tertiary alicyclic amines) is 1. The predicted octanol–water partition coefficient (Wildman–Crippen LogP) is 2.94. The van der Waals surface area contributed by atoms with Gasteiger partial charge in [0.1, 0.15) is 7.85 Å². The number of morpholine rings is 1. The highest BCUT2D eigenvalue weighted by molar-refractivity contribution is 6.14. The van der Waals surface area contributed by atoms with Crippen molar-refractivity contribution in [1.82, 2.24) is 9.80 Å². The van der Waals surface area contributed by atoms with Gasteiger partial charge >= 0.3 is 5.97 Å². The minimum absolute atomic E-state index is 0.0140. The highest BCUT2D eigenvalue weighted by atomic mass is 16.6. The van der Waals surface area contributed by atoms with Crippen molar-refractivity contribution < 1.29 is 19.0 Å². The predicted molar refractivity (Wildman–Crippen MR) is 131 cm³/mol. The van der Waals surface area contributed by atoms with E-state index in [1.807, 2.05) is 6.20 Å². The standard InChI is InChI=1S/C26H39BN2O4/c1-4-28-16-19-32-26(21-28)11-14-29(15-12-26)13-8-22-6-5-7-23(20-22)9-17-31-18-10-24(30)33-25(2,3)27/h4-7,20H,1,8-19,21H2,2-3H3. The fourth-order valence-electron chi connectivity index (χ4n) is 4.54. The molecule has 2 saturated heterocycles.